The van der Waals surface area contributed by atoms with Crippen LogP contribution in [-0.2, 0) is 23.8 Å². The molecule has 0 spiro atoms. The van der Waals surface area contributed by atoms with Gasteiger partial charge in [0.1, 0.15) is 28.5 Å². The second-order valence-electron chi connectivity index (χ2n) is 11.0. The van der Waals surface area contributed by atoms with Gasteiger partial charge in [-0.15, -0.1) is 0 Å². The van der Waals surface area contributed by atoms with Crippen LogP contribution in [0.15, 0.2) is 0 Å². The lowest BCUT2D eigenvalue weighted by atomic mass is 9.89. The van der Waals surface area contributed by atoms with Gasteiger partial charge >= 0.3 is 18.0 Å². The Bertz CT molecular complexity index is 687. The maximum absolute atomic E-state index is 14.9. The van der Waals surface area contributed by atoms with E-state index < -0.39 is 64.3 Å². The third-order valence-corrected chi connectivity index (χ3v) is 4.75. The van der Waals surface area contributed by atoms with E-state index in [4.69, 9.17) is 14.2 Å². The summed E-state index contributed by atoms with van der Waals surface area (Å²) in [5.74, 6) is -3.60. The number of halogens is 1. The number of alkyl halides is 1. The summed E-state index contributed by atoms with van der Waals surface area (Å²) in [7, 11) is 0. The van der Waals surface area contributed by atoms with Crippen molar-refractivity contribution in [1.82, 2.24) is 5.32 Å². The summed E-state index contributed by atoms with van der Waals surface area (Å²) >= 11 is 0. The lowest BCUT2D eigenvalue weighted by Gasteiger charge is -2.35. The Kier molecular flexibility index (Phi) is 5.76. The molecule has 5 atom stereocenters. The zero-order chi connectivity index (χ0) is 22.6. The number of amides is 1. The Labute approximate surface area is 172 Å². The van der Waals surface area contributed by atoms with Crippen LogP contribution >= 0.6 is 0 Å². The molecule has 8 heteroatoms. The van der Waals surface area contributed by atoms with Gasteiger partial charge in [-0.2, -0.15) is 0 Å². The molecule has 0 unspecified atom stereocenters. The van der Waals surface area contributed by atoms with Crippen LogP contribution in [0.2, 0.25) is 0 Å². The van der Waals surface area contributed by atoms with Crippen molar-refractivity contribution in [3.63, 3.8) is 0 Å². The number of alkyl carbamates (subject to hydrolysis) is 1. The minimum Gasteiger partial charge on any atom is -0.460 e. The predicted octanol–water partition coefficient (Wildman–Crippen LogP) is 3.54. The number of fused-ring (bicyclic) bond motifs is 1. The molecule has 1 amide bonds. The molecule has 0 bridgehead atoms. The van der Waals surface area contributed by atoms with Crippen LogP contribution in [0.1, 0.15) is 68.7 Å². The first kappa shape index (κ1) is 23.4. The SMILES string of the molecule is CC(C)(C)OC(=O)N[C@@]1(C(=O)OC(C)(C)C)C[C@@H](F)[C@H]2[C@H](C(=O)OC(C)(C)C)[C@H]21. The molecule has 0 aromatic rings. The largest absolute Gasteiger partial charge is 0.460 e. The smallest absolute Gasteiger partial charge is 0.408 e. The summed E-state index contributed by atoms with van der Waals surface area (Å²) in [4.78, 5) is 38.2. The highest BCUT2D eigenvalue weighted by atomic mass is 19.1. The maximum Gasteiger partial charge on any atom is 0.408 e. The van der Waals surface area contributed by atoms with E-state index in [2.05, 4.69) is 5.32 Å². The summed E-state index contributed by atoms with van der Waals surface area (Å²) in [5.41, 5.74) is -4.07. The topological polar surface area (TPSA) is 90.9 Å². The fourth-order valence-electron chi connectivity index (χ4n) is 3.93. The van der Waals surface area contributed by atoms with E-state index in [1.165, 1.54) is 0 Å². The van der Waals surface area contributed by atoms with E-state index in [1.54, 1.807) is 62.3 Å². The Morgan fingerprint density at radius 2 is 1.34 bits per heavy atom. The molecule has 0 saturated heterocycles. The van der Waals surface area contributed by atoms with Gasteiger partial charge in [-0.05, 0) is 62.3 Å². The summed E-state index contributed by atoms with van der Waals surface area (Å²) in [6.07, 6.45) is -2.57. The fourth-order valence-corrected chi connectivity index (χ4v) is 3.93. The lowest BCUT2D eigenvalue weighted by molar-refractivity contribution is -0.166. The Morgan fingerprint density at radius 1 is 0.862 bits per heavy atom. The molecule has 2 saturated carbocycles. The first-order valence-corrected chi connectivity index (χ1v) is 9.98. The highest BCUT2D eigenvalue weighted by Crippen LogP contribution is 2.64. The summed E-state index contributed by atoms with van der Waals surface area (Å²) in [6, 6.07) is 0. The molecule has 2 rings (SSSR count). The zero-order valence-electron chi connectivity index (χ0n) is 18.8. The molecule has 2 fully saturated rings. The van der Waals surface area contributed by atoms with Gasteiger partial charge < -0.3 is 19.5 Å². The molecular formula is C21H34FNO6. The molecule has 166 valence electrons. The average molecular weight is 416 g/mol. The van der Waals surface area contributed by atoms with Gasteiger partial charge in [0.05, 0.1) is 5.92 Å². The number of carbonyl (C=O) groups excluding carboxylic acids is 3. The molecule has 0 radical (unpaired) electrons. The molecule has 0 heterocycles. The van der Waals surface area contributed by atoms with Gasteiger partial charge in [0, 0.05) is 18.3 Å². The first-order chi connectivity index (χ1) is 12.9. The van der Waals surface area contributed by atoms with Crippen molar-refractivity contribution >= 4 is 18.0 Å². The Balaban J connectivity index is 2.34. The van der Waals surface area contributed by atoms with Crippen molar-refractivity contribution in [1.29, 1.82) is 0 Å². The molecule has 1 N–H and O–H groups in total. The van der Waals surface area contributed by atoms with Gasteiger partial charge in [-0.3, -0.25) is 4.79 Å². The predicted molar refractivity (Wildman–Crippen MR) is 104 cm³/mol. The van der Waals surface area contributed by atoms with E-state index in [9.17, 15) is 18.8 Å². The highest BCUT2D eigenvalue weighted by Gasteiger charge is 2.77. The number of nitrogens with one attached hydrogen (secondary N) is 1. The van der Waals surface area contributed by atoms with Crippen molar-refractivity contribution in [2.75, 3.05) is 0 Å². The van der Waals surface area contributed by atoms with Crippen LogP contribution in [0.3, 0.4) is 0 Å². The molecule has 0 aliphatic heterocycles. The van der Waals surface area contributed by atoms with Crippen LogP contribution in [0.4, 0.5) is 9.18 Å². The fraction of sp³-hybridized carbons (Fsp3) is 0.857. The van der Waals surface area contributed by atoms with Gasteiger partial charge in [0.25, 0.3) is 0 Å². The highest BCUT2D eigenvalue weighted by molar-refractivity contribution is 5.91. The van der Waals surface area contributed by atoms with Gasteiger partial charge in [0.2, 0.25) is 0 Å². The van der Waals surface area contributed by atoms with E-state index in [-0.39, 0.29) is 6.42 Å². The van der Waals surface area contributed by atoms with Gasteiger partial charge in [-0.25, -0.2) is 14.0 Å². The molecular weight excluding hydrogens is 381 g/mol. The minimum absolute atomic E-state index is 0.268. The van der Waals surface area contributed by atoms with Crippen LogP contribution in [0.25, 0.3) is 0 Å². The first-order valence-electron chi connectivity index (χ1n) is 9.98. The van der Waals surface area contributed by atoms with Crippen LogP contribution < -0.4 is 5.32 Å². The normalized spacial score (nSPS) is 31.5. The van der Waals surface area contributed by atoms with Gasteiger partial charge in [0.15, 0.2) is 0 Å². The van der Waals surface area contributed by atoms with E-state index in [1.807, 2.05) is 0 Å². The van der Waals surface area contributed by atoms with E-state index >= 15 is 0 Å². The molecule has 29 heavy (non-hydrogen) atoms. The van der Waals surface area contributed by atoms with Crippen molar-refractivity contribution in [2.45, 2.75) is 97.2 Å². The summed E-state index contributed by atoms with van der Waals surface area (Å²) in [5, 5.41) is 2.56. The van der Waals surface area contributed by atoms with Crippen molar-refractivity contribution in [3.8, 4) is 0 Å². The number of carbonyl (C=O) groups is 3. The van der Waals surface area contributed by atoms with Crippen LogP contribution in [0.5, 0.6) is 0 Å². The summed E-state index contributed by atoms with van der Waals surface area (Å²) in [6.45, 7) is 15.3. The number of ether oxygens (including phenoxy) is 3. The second-order valence-corrected chi connectivity index (χ2v) is 11.0. The molecule has 0 aromatic heterocycles. The van der Waals surface area contributed by atoms with Crippen LogP contribution in [0, 0.1) is 17.8 Å². The third-order valence-electron chi connectivity index (χ3n) is 4.75. The van der Waals surface area contributed by atoms with E-state index in [0.717, 1.165) is 0 Å². The molecule has 7 nitrogen and oxygen atoms in total. The van der Waals surface area contributed by atoms with Crippen molar-refractivity contribution in [3.05, 3.63) is 0 Å². The van der Waals surface area contributed by atoms with Gasteiger partial charge in [-0.1, -0.05) is 0 Å². The third kappa shape index (κ3) is 5.39. The number of esters is 2. The average Bonchev–Trinajstić information content (AvgIpc) is 3.10. The standard InChI is InChI=1S/C21H34FNO6/c1-18(2,3)27-15(24)13-12-11(22)10-21(14(12)13,16(25)28-19(4,5)6)23-17(26)29-20(7,8)9/h11-14H,10H2,1-9H3,(H,23,26)/t11-,12+,13+,14+,21+/m1/s1. The number of rotatable bonds is 3. The lowest BCUT2D eigenvalue weighted by Crippen LogP contribution is -2.59. The maximum atomic E-state index is 14.9. The van der Waals surface area contributed by atoms with Crippen molar-refractivity contribution in [2.24, 2.45) is 17.8 Å². The summed E-state index contributed by atoms with van der Waals surface area (Å²) < 4.78 is 31.1. The quantitative estimate of drug-likeness (QED) is 0.560. The van der Waals surface area contributed by atoms with Crippen LogP contribution in [-0.4, -0.2) is 46.5 Å². The Hall–Kier alpha value is -1.86. The molecule has 0 aromatic carbocycles. The Morgan fingerprint density at radius 3 is 1.79 bits per heavy atom. The van der Waals surface area contributed by atoms with E-state index in [0.29, 0.717) is 0 Å². The zero-order valence-corrected chi connectivity index (χ0v) is 18.8. The minimum atomic E-state index is -1.68. The monoisotopic (exact) mass is 415 g/mol. The number of hydrogen-bond donors (Lipinski definition) is 1. The number of hydrogen-bond acceptors (Lipinski definition) is 6. The second kappa shape index (κ2) is 7.13. The van der Waals surface area contributed by atoms with Crippen molar-refractivity contribution < 1.29 is 33.0 Å². The molecule has 2 aliphatic rings. The molecule has 2 aliphatic carbocycles.